The Hall–Kier alpha value is -2.89. The molecule has 4 atom stereocenters. The summed E-state index contributed by atoms with van der Waals surface area (Å²) in [6.45, 7) is 5.56. The predicted molar refractivity (Wildman–Crippen MR) is 115 cm³/mol. The summed E-state index contributed by atoms with van der Waals surface area (Å²) in [5.41, 5.74) is 16.5. The molecule has 0 aromatic heterocycles. The van der Waals surface area contributed by atoms with E-state index in [1.165, 1.54) is 11.8 Å². The molecule has 0 radical (unpaired) electrons. The minimum Gasteiger partial charge on any atom is -0.480 e. The SMILES string of the molecule is CC(NC(=O)C(NC(=O)C1CCCN1C(=O)C(N)CCCN=C(N)N)C(C)C)C(=O)O. The van der Waals surface area contributed by atoms with Crippen molar-refractivity contribution in [1.29, 1.82) is 0 Å². The molecule has 176 valence electrons. The van der Waals surface area contributed by atoms with Gasteiger partial charge in [0.1, 0.15) is 18.1 Å². The molecule has 9 N–H and O–H groups in total. The number of rotatable bonds is 11. The van der Waals surface area contributed by atoms with Crippen LogP contribution < -0.4 is 27.8 Å². The van der Waals surface area contributed by atoms with Crippen LogP contribution in [0.3, 0.4) is 0 Å². The van der Waals surface area contributed by atoms with Crippen LogP contribution in [0.5, 0.6) is 0 Å². The van der Waals surface area contributed by atoms with Crippen molar-refractivity contribution in [3.05, 3.63) is 0 Å². The minimum atomic E-state index is -1.18. The Morgan fingerprint density at radius 1 is 1.16 bits per heavy atom. The number of hydrogen-bond donors (Lipinski definition) is 6. The van der Waals surface area contributed by atoms with Gasteiger partial charge in [0.2, 0.25) is 17.7 Å². The van der Waals surface area contributed by atoms with Gasteiger partial charge in [-0.1, -0.05) is 13.8 Å². The Kier molecular flexibility index (Phi) is 10.2. The highest BCUT2D eigenvalue weighted by atomic mass is 16.4. The third kappa shape index (κ3) is 8.04. The molecule has 3 amide bonds. The molecule has 12 heteroatoms. The van der Waals surface area contributed by atoms with Gasteiger partial charge in [-0.3, -0.25) is 24.2 Å². The fraction of sp³-hybridized carbons (Fsp3) is 0.737. The molecule has 0 saturated carbocycles. The summed E-state index contributed by atoms with van der Waals surface area (Å²) in [4.78, 5) is 54.3. The van der Waals surface area contributed by atoms with Crippen LogP contribution in [0.25, 0.3) is 0 Å². The van der Waals surface area contributed by atoms with Crippen molar-refractivity contribution in [1.82, 2.24) is 15.5 Å². The number of likely N-dealkylation sites (tertiary alicyclic amines) is 1. The summed E-state index contributed by atoms with van der Waals surface area (Å²) in [5.74, 6) is -2.89. The lowest BCUT2D eigenvalue weighted by Crippen LogP contribution is -2.57. The number of aliphatic carboxylic acids is 1. The molecule has 0 aromatic rings. The molecule has 1 rings (SSSR count). The van der Waals surface area contributed by atoms with Crippen LogP contribution in [-0.2, 0) is 19.2 Å². The largest absolute Gasteiger partial charge is 0.480 e. The lowest BCUT2D eigenvalue weighted by Gasteiger charge is -2.29. The molecule has 1 heterocycles. The zero-order chi connectivity index (χ0) is 23.7. The summed E-state index contributed by atoms with van der Waals surface area (Å²) in [7, 11) is 0. The van der Waals surface area contributed by atoms with Crippen molar-refractivity contribution in [2.24, 2.45) is 28.1 Å². The number of aliphatic imine (C=N–C) groups is 1. The number of hydrogen-bond acceptors (Lipinski definition) is 6. The van der Waals surface area contributed by atoms with Crippen LogP contribution in [0.1, 0.15) is 46.5 Å². The molecule has 1 aliphatic rings. The third-order valence-electron chi connectivity index (χ3n) is 5.10. The average Bonchev–Trinajstić information content (AvgIpc) is 3.17. The van der Waals surface area contributed by atoms with E-state index in [0.29, 0.717) is 38.8 Å². The fourth-order valence-corrected chi connectivity index (χ4v) is 3.31. The monoisotopic (exact) mass is 441 g/mol. The molecule has 12 nitrogen and oxygen atoms in total. The van der Waals surface area contributed by atoms with Crippen LogP contribution in [-0.4, -0.2) is 76.9 Å². The van der Waals surface area contributed by atoms with Crippen molar-refractivity contribution in [3.63, 3.8) is 0 Å². The molecule has 1 fully saturated rings. The van der Waals surface area contributed by atoms with E-state index in [-0.39, 0.29) is 17.8 Å². The quantitative estimate of drug-likeness (QED) is 0.121. The first-order valence-corrected chi connectivity index (χ1v) is 10.4. The van der Waals surface area contributed by atoms with Crippen LogP contribution in [0.4, 0.5) is 0 Å². The van der Waals surface area contributed by atoms with Crippen LogP contribution >= 0.6 is 0 Å². The Morgan fingerprint density at radius 2 is 1.81 bits per heavy atom. The van der Waals surface area contributed by atoms with E-state index >= 15 is 0 Å². The van der Waals surface area contributed by atoms with E-state index in [2.05, 4.69) is 15.6 Å². The number of carbonyl (C=O) groups excluding carboxylic acids is 3. The molecular weight excluding hydrogens is 406 g/mol. The predicted octanol–water partition coefficient (Wildman–Crippen LogP) is -1.91. The van der Waals surface area contributed by atoms with E-state index in [1.54, 1.807) is 13.8 Å². The smallest absolute Gasteiger partial charge is 0.325 e. The highest BCUT2D eigenvalue weighted by Gasteiger charge is 2.38. The first-order valence-electron chi connectivity index (χ1n) is 10.4. The zero-order valence-electron chi connectivity index (χ0n) is 18.3. The lowest BCUT2D eigenvalue weighted by atomic mass is 10.0. The van der Waals surface area contributed by atoms with Gasteiger partial charge in [0.15, 0.2) is 5.96 Å². The Morgan fingerprint density at radius 3 is 2.35 bits per heavy atom. The third-order valence-corrected chi connectivity index (χ3v) is 5.10. The lowest BCUT2D eigenvalue weighted by molar-refractivity contribution is -0.143. The van der Waals surface area contributed by atoms with E-state index in [0.717, 1.165) is 0 Å². The van der Waals surface area contributed by atoms with E-state index in [9.17, 15) is 19.2 Å². The molecule has 1 aliphatic heterocycles. The van der Waals surface area contributed by atoms with Gasteiger partial charge in [-0.2, -0.15) is 0 Å². The second-order valence-corrected chi connectivity index (χ2v) is 8.04. The molecule has 31 heavy (non-hydrogen) atoms. The van der Waals surface area contributed by atoms with Gasteiger partial charge >= 0.3 is 5.97 Å². The zero-order valence-corrected chi connectivity index (χ0v) is 18.3. The summed E-state index contributed by atoms with van der Waals surface area (Å²) >= 11 is 0. The molecule has 1 saturated heterocycles. The summed E-state index contributed by atoms with van der Waals surface area (Å²) in [6, 6.07) is -3.54. The Balaban J connectivity index is 2.74. The van der Waals surface area contributed by atoms with E-state index in [4.69, 9.17) is 22.3 Å². The summed E-state index contributed by atoms with van der Waals surface area (Å²) in [6.07, 6.45) is 1.98. The number of nitrogens with two attached hydrogens (primary N) is 3. The number of amides is 3. The van der Waals surface area contributed by atoms with E-state index in [1.807, 2.05) is 0 Å². The van der Waals surface area contributed by atoms with Crippen LogP contribution in [0.2, 0.25) is 0 Å². The second-order valence-electron chi connectivity index (χ2n) is 8.04. The molecule has 4 unspecified atom stereocenters. The number of carboxylic acids is 1. The van der Waals surface area contributed by atoms with Crippen LogP contribution in [0.15, 0.2) is 4.99 Å². The van der Waals surface area contributed by atoms with Gasteiger partial charge in [0.05, 0.1) is 6.04 Å². The average molecular weight is 442 g/mol. The maximum atomic E-state index is 12.9. The second kappa shape index (κ2) is 12.1. The maximum Gasteiger partial charge on any atom is 0.325 e. The summed E-state index contributed by atoms with van der Waals surface area (Å²) in [5, 5.41) is 14.0. The Labute approximate surface area is 182 Å². The van der Waals surface area contributed by atoms with Crippen molar-refractivity contribution < 1.29 is 24.3 Å². The van der Waals surface area contributed by atoms with Crippen molar-refractivity contribution in [2.75, 3.05) is 13.1 Å². The summed E-state index contributed by atoms with van der Waals surface area (Å²) < 4.78 is 0. The molecule has 0 aromatic carbocycles. The van der Waals surface area contributed by atoms with Crippen molar-refractivity contribution in [3.8, 4) is 0 Å². The first-order chi connectivity index (χ1) is 14.5. The highest BCUT2D eigenvalue weighted by molar-refractivity contribution is 5.94. The van der Waals surface area contributed by atoms with Crippen molar-refractivity contribution in [2.45, 2.75) is 70.6 Å². The normalized spacial score (nSPS) is 18.7. The highest BCUT2D eigenvalue weighted by Crippen LogP contribution is 2.20. The molecular formula is C19H35N7O5. The van der Waals surface area contributed by atoms with Crippen molar-refractivity contribution >= 4 is 29.7 Å². The standard InChI is InChI=1S/C19H35N7O5/c1-10(2)14(16(28)24-11(3)18(30)31)25-15(27)13-7-5-9-26(13)17(29)12(20)6-4-8-23-19(21)22/h10-14H,4-9,20H2,1-3H3,(H,24,28)(H,25,27)(H,30,31)(H4,21,22,23). The first kappa shape index (κ1) is 26.1. The van der Waals surface area contributed by atoms with Gasteiger partial charge in [-0.05, 0) is 38.5 Å². The number of carbonyl (C=O) groups is 4. The molecule has 0 bridgehead atoms. The fourth-order valence-electron chi connectivity index (χ4n) is 3.31. The number of nitrogens with zero attached hydrogens (tertiary/aromatic N) is 2. The number of guanidine groups is 1. The van der Waals surface area contributed by atoms with Gasteiger partial charge in [-0.15, -0.1) is 0 Å². The minimum absolute atomic E-state index is 0.0299. The van der Waals surface area contributed by atoms with Gasteiger partial charge in [-0.25, -0.2) is 0 Å². The Bertz CT molecular complexity index is 693. The number of nitrogens with one attached hydrogen (secondary N) is 2. The van der Waals surface area contributed by atoms with E-state index < -0.39 is 42.0 Å². The van der Waals surface area contributed by atoms with Gasteiger partial charge in [0.25, 0.3) is 0 Å². The molecule has 0 aliphatic carbocycles. The van der Waals surface area contributed by atoms with Gasteiger partial charge < -0.3 is 37.8 Å². The van der Waals surface area contributed by atoms with Crippen LogP contribution in [0, 0.1) is 5.92 Å². The molecule has 0 spiro atoms. The van der Waals surface area contributed by atoms with Gasteiger partial charge in [0, 0.05) is 13.1 Å². The topological polar surface area (TPSA) is 206 Å². The number of carboxylic acid groups (broad SMARTS) is 1. The maximum absolute atomic E-state index is 12.9.